The highest BCUT2D eigenvalue weighted by Crippen LogP contribution is 2.13. The van der Waals surface area contributed by atoms with Gasteiger partial charge in [-0.05, 0) is 44.0 Å². The Kier molecular flexibility index (Phi) is 5.94. The average molecular weight is 221 g/mol. The molecule has 0 spiro atoms. The van der Waals surface area contributed by atoms with Crippen LogP contribution in [0.5, 0.6) is 5.75 Å². The summed E-state index contributed by atoms with van der Waals surface area (Å²) in [5.74, 6) is 0.974. The monoisotopic (exact) mass is 221 g/mol. The minimum absolute atomic E-state index is 0.535. The molecule has 0 heterocycles. The third-order valence-electron chi connectivity index (χ3n) is 2.49. The van der Waals surface area contributed by atoms with Crippen LogP contribution in [0.4, 0.5) is 0 Å². The van der Waals surface area contributed by atoms with Gasteiger partial charge in [0.1, 0.15) is 5.75 Å². The van der Waals surface area contributed by atoms with Crippen LogP contribution in [0.2, 0.25) is 0 Å². The zero-order valence-electron chi connectivity index (χ0n) is 10.6. The lowest BCUT2D eigenvalue weighted by Crippen LogP contribution is -2.27. The van der Waals surface area contributed by atoms with Crippen LogP contribution in [-0.2, 0) is 6.42 Å². The summed E-state index contributed by atoms with van der Waals surface area (Å²) in [7, 11) is 0. The predicted molar refractivity (Wildman–Crippen MR) is 69.1 cm³/mol. The van der Waals surface area contributed by atoms with Crippen molar-refractivity contribution < 1.29 is 4.74 Å². The van der Waals surface area contributed by atoms with E-state index in [2.05, 4.69) is 50.4 Å². The lowest BCUT2D eigenvalue weighted by Gasteiger charge is -2.12. The number of hydrogen-bond acceptors (Lipinski definition) is 2. The number of ether oxygens (including phenoxy) is 1. The van der Waals surface area contributed by atoms with Gasteiger partial charge >= 0.3 is 0 Å². The molecule has 0 amide bonds. The Morgan fingerprint density at radius 1 is 1.19 bits per heavy atom. The van der Waals surface area contributed by atoms with E-state index in [1.807, 2.05) is 0 Å². The van der Waals surface area contributed by atoms with Crippen molar-refractivity contribution in [2.45, 2.75) is 39.7 Å². The quantitative estimate of drug-likeness (QED) is 0.764. The summed E-state index contributed by atoms with van der Waals surface area (Å²) in [4.78, 5) is 0. The molecule has 0 fully saturated rings. The van der Waals surface area contributed by atoms with Crippen LogP contribution < -0.4 is 10.1 Å². The number of rotatable bonds is 7. The Morgan fingerprint density at radius 3 is 2.44 bits per heavy atom. The van der Waals surface area contributed by atoms with Crippen LogP contribution in [0.15, 0.2) is 24.3 Å². The van der Waals surface area contributed by atoms with Crippen LogP contribution in [0, 0.1) is 0 Å². The standard InChI is InChI=1S/C14H23NO/c1-4-10-16-14-8-6-13(7-9-14)11-12(3)15-5-2/h6-9,12,15H,4-5,10-11H2,1-3H3. The summed E-state index contributed by atoms with van der Waals surface area (Å²) < 4.78 is 5.55. The van der Waals surface area contributed by atoms with Crippen molar-refractivity contribution in [2.24, 2.45) is 0 Å². The molecule has 2 nitrogen and oxygen atoms in total. The molecule has 1 N–H and O–H groups in total. The Labute approximate surface area is 99.0 Å². The molecule has 0 aromatic heterocycles. The van der Waals surface area contributed by atoms with Gasteiger partial charge in [-0.25, -0.2) is 0 Å². The number of hydrogen-bond donors (Lipinski definition) is 1. The Morgan fingerprint density at radius 2 is 1.88 bits per heavy atom. The van der Waals surface area contributed by atoms with Crippen molar-refractivity contribution in [2.75, 3.05) is 13.2 Å². The van der Waals surface area contributed by atoms with Gasteiger partial charge in [0.15, 0.2) is 0 Å². The summed E-state index contributed by atoms with van der Waals surface area (Å²) in [5, 5.41) is 3.41. The molecule has 0 aliphatic carbocycles. The second-order valence-corrected chi connectivity index (χ2v) is 4.16. The largest absolute Gasteiger partial charge is 0.494 e. The van der Waals surface area contributed by atoms with E-state index in [4.69, 9.17) is 4.74 Å². The minimum atomic E-state index is 0.535. The topological polar surface area (TPSA) is 21.3 Å². The number of likely N-dealkylation sites (N-methyl/N-ethyl adjacent to an activating group) is 1. The molecule has 0 saturated carbocycles. The van der Waals surface area contributed by atoms with Crippen LogP contribution in [-0.4, -0.2) is 19.2 Å². The highest BCUT2D eigenvalue weighted by Gasteiger charge is 2.01. The molecule has 1 aromatic rings. The lowest BCUT2D eigenvalue weighted by molar-refractivity contribution is 0.317. The van der Waals surface area contributed by atoms with Crippen LogP contribution in [0.25, 0.3) is 0 Å². The molecule has 0 saturated heterocycles. The molecule has 2 heteroatoms. The smallest absolute Gasteiger partial charge is 0.119 e. The molecular formula is C14H23NO. The molecule has 90 valence electrons. The van der Waals surface area contributed by atoms with E-state index in [0.717, 1.165) is 31.7 Å². The van der Waals surface area contributed by atoms with E-state index in [1.165, 1.54) is 5.56 Å². The zero-order chi connectivity index (χ0) is 11.8. The van der Waals surface area contributed by atoms with Crippen molar-refractivity contribution >= 4 is 0 Å². The van der Waals surface area contributed by atoms with Crippen molar-refractivity contribution in [1.29, 1.82) is 0 Å². The molecule has 1 rings (SSSR count). The van der Waals surface area contributed by atoms with Gasteiger partial charge in [0.25, 0.3) is 0 Å². The first-order chi connectivity index (χ1) is 7.76. The van der Waals surface area contributed by atoms with Crippen molar-refractivity contribution in [1.82, 2.24) is 5.32 Å². The number of benzene rings is 1. The summed E-state index contributed by atoms with van der Waals surface area (Å²) in [6.07, 6.45) is 2.13. The van der Waals surface area contributed by atoms with Crippen LogP contribution in [0.1, 0.15) is 32.8 Å². The van der Waals surface area contributed by atoms with Gasteiger partial charge in [0.2, 0.25) is 0 Å². The third-order valence-corrected chi connectivity index (χ3v) is 2.49. The van der Waals surface area contributed by atoms with E-state index >= 15 is 0 Å². The summed E-state index contributed by atoms with van der Waals surface area (Å²) in [6.45, 7) is 8.29. The van der Waals surface area contributed by atoms with Crippen LogP contribution >= 0.6 is 0 Å². The summed E-state index contributed by atoms with van der Waals surface area (Å²) in [5.41, 5.74) is 1.36. The molecule has 0 aliphatic rings. The fraction of sp³-hybridized carbons (Fsp3) is 0.571. The van der Waals surface area contributed by atoms with Crippen LogP contribution in [0.3, 0.4) is 0 Å². The van der Waals surface area contributed by atoms with Crippen molar-refractivity contribution in [3.8, 4) is 5.75 Å². The maximum absolute atomic E-state index is 5.55. The third kappa shape index (κ3) is 4.67. The molecular weight excluding hydrogens is 198 g/mol. The maximum Gasteiger partial charge on any atom is 0.119 e. The highest BCUT2D eigenvalue weighted by molar-refractivity contribution is 5.27. The SMILES string of the molecule is CCCOc1ccc(CC(C)NCC)cc1. The Balaban J connectivity index is 2.44. The minimum Gasteiger partial charge on any atom is -0.494 e. The fourth-order valence-corrected chi connectivity index (χ4v) is 1.72. The lowest BCUT2D eigenvalue weighted by atomic mass is 10.1. The van der Waals surface area contributed by atoms with E-state index in [-0.39, 0.29) is 0 Å². The highest BCUT2D eigenvalue weighted by atomic mass is 16.5. The zero-order valence-corrected chi connectivity index (χ0v) is 10.6. The molecule has 0 bridgehead atoms. The van der Waals surface area contributed by atoms with E-state index in [1.54, 1.807) is 0 Å². The summed E-state index contributed by atoms with van der Waals surface area (Å²) in [6, 6.07) is 8.96. The van der Waals surface area contributed by atoms with E-state index in [9.17, 15) is 0 Å². The first-order valence-corrected chi connectivity index (χ1v) is 6.21. The van der Waals surface area contributed by atoms with Gasteiger partial charge in [-0.1, -0.05) is 26.0 Å². The first-order valence-electron chi connectivity index (χ1n) is 6.21. The first kappa shape index (κ1) is 13.0. The second kappa shape index (κ2) is 7.29. The molecule has 1 unspecified atom stereocenters. The van der Waals surface area contributed by atoms with E-state index < -0.39 is 0 Å². The van der Waals surface area contributed by atoms with Gasteiger partial charge in [0, 0.05) is 6.04 Å². The molecule has 0 aliphatic heterocycles. The van der Waals surface area contributed by atoms with Gasteiger partial charge in [0.05, 0.1) is 6.61 Å². The predicted octanol–water partition coefficient (Wildman–Crippen LogP) is 3.02. The van der Waals surface area contributed by atoms with Gasteiger partial charge in [-0.2, -0.15) is 0 Å². The normalized spacial score (nSPS) is 12.4. The molecule has 16 heavy (non-hydrogen) atoms. The molecule has 0 radical (unpaired) electrons. The fourth-order valence-electron chi connectivity index (χ4n) is 1.72. The second-order valence-electron chi connectivity index (χ2n) is 4.16. The average Bonchev–Trinajstić information content (AvgIpc) is 2.28. The molecule has 1 aromatic carbocycles. The van der Waals surface area contributed by atoms with Gasteiger partial charge < -0.3 is 10.1 Å². The van der Waals surface area contributed by atoms with E-state index in [0.29, 0.717) is 6.04 Å². The Bertz CT molecular complexity index is 281. The van der Waals surface area contributed by atoms with Gasteiger partial charge in [-0.3, -0.25) is 0 Å². The Hall–Kier alpha value is -1.02. The molecule has 1 atom stereocenters. The maximum atomic E-state index is 5.55. The summed E-state index contributed by atoms with van der Waals surface area (Å²) >= 11 is 0. The van der Waals surface area contributed by atoms with Gasteiger partial charge in [-0.15, -0.1) is 0 Å². The van der Waals surface area contributed by atoms with Crippen molar-refractivity contribution in [3.05, 3.63) is 29.8 Å². The van der Waals surface area contributed by atoms with Crippen molar-refractivity contribution in [3.63, 3.8) is 0 Å². The number of nitrogens with one attached hydrogen (secondary N) is 1.